The highest BCUT2D eigenvalue weighted by Gasteiger charge is 2.31. The van der Waals surface area contributed by atoms with E-state index < -0.39 is 17.6 Å². The molecule has 0 radical (unpaired) electrons. The largest absolute Gasteiger partial charge is 0.492 e. The maximum Gasteiger partial charge on any atom is 0.416 e. The highest BCUT2D eigenvalue weighted by Crippen LogP contribution is 2.31. The number of rotatable bonds is 3. The molecule has 3 nitrogen and oxygen atoms in total. The van der Waals surface area contributed by atoms with Crippen LogP contribution in [0.15, 0.2) is 36.4 Å². The van der Waals surface area contributed by atoms with E-state index in [-0.39, 0.29) is 18.7 Å². The van der Waals surface area contributed by atoms with Gasteiger partial charge in [0.1, 0.15) is 18.2 Å². The predicted octanol–water partition coefficient (Wildman–Crippen LogP) is 3.73. The number of nitrogens with zero attached hydrogens (tertiary/aromatic N) is 1. The molecular weight excluding hydrogens is 338 g/mol. The van der Waals surface area contributed by atoms with Crippen molar-refractivity contribution in [2.75, 3.05) is 13.2 Å². The molecule has 2 aromatic rings. The summed E-state index contributed by atoms with van der Waals surface area (Å²) in [7, 11) is 0. The van der Waals surface area contributed by atoms with Crippen molar-refractivity contribution in [2.45, 2.75) is 25.9 Å². The van der Waals surface area contributed by atoms with Gasteiger partial charge in [-0.1, -0.05) is 6.07 Å². The number of hydrogen-bond donors (Lipinski definition) is 1. The maximum atomic E-state index is 14.0. The third kappa shape index (κ3) is 4.11. The first-order valence-electron chi connectivity index (χ1n) is 7.80. The molecule has 1 N–H and O–H groups in total. The zero-order valence-corrected chi connectivity index (χ0v) is 13.3. The fourth-order valence-corrected chi connectivity index (χ4v) is 2.85. The summed E-state index contributed by atoms with van der Waals surface area (Å²) < 4.78 is 58.1. The lowest BCUT2D eigenvalue weighted by Gasteiger charge is -2.20. The Bertz CT molecular complexity index is 761. The zero-order chi connectivity index (χ0) is 18.0. The molecule has 1 heterocycles. The van der Waals surface area contributed by atoms with Crippen molar-refractivity contribution in [3.63, 3.8) is 0 Å². The Morgan fingerprint density at radius 2 is 1.92 bits per heavy atom. The topological polar surface area (TPSA) is 32.7 Å². The highest BCUT2D eigenvalue weighted by atomic mass is 19.4. The molecule has 3 rings (SSSR count). The van der Waals surface area contributed by atoms with Gasteiger partial charge in [0, 0.05) is 30.8 Å². The molecule has 0 unspecified atom stereocenters. The van der Waals surface area contributed by atoms with Gasteiger partial charge in [-0.15, -0.1) is 0 Å². The van der Waals surface area contributed by atoms with Gasteiger partial charge in [0.05, 0.1) is 12.2 Å². The molecule has 1 aliphatic rings. The average molecular weight is 355 g/mol. The molecule has 0 saturated carbocycles. The minimum atomic E-state index is -4.51. The van der Waals surface area contributed by atoms with Crippen LogP contribution in [0.5, 0.6) is 5.75 Å². The number of benzene rings is 2. The molecule has 0 saturated heterocycles. The predicted molar refractivity (Wildman–Crippen MR) is 83.4 cm³/mol. The van der Waals surface area contributed by atoms with Gasteiger partial charge in [-0.05, 0) is 35.9 Å². The lowest BCUT2D eigenvalue weighted by molar-refractivity contribution is -0.137. The molecular formula is C18H17F4NO2. The van der Waals surface area contributed by atoms with E-state index in [0.717, 1.165) is 29.3 Å². The van der Waals surface area contributed by atoms with E-state index in [1.54, 1.807) is 18.2 Å². The van der Waals surface area contributed by atoms with Gasteiger partial charge in [-0.25, -0.2) is 4.39 Å². The van der Waals surface area contributed by atoms with E-state index in [4.69, 9.17) is 4.74 Å². The third-order valence-electron chi connectivity index (χ3n) is 4.13. The van der Waals surface area contributed by atoms with Crippen LogP contribution in [-0.4, -0.2) is 23.2 Å². The second-order valence-corrected chi connectivity index (χ2v) is 5.96. The summed E-state index contributed by atoms with van der Waals surface area (Å²) >= 11 is 0. The van der Waals surface area contributed by atoms with Gasteiger partial charge < -0.3 is 9.84 Å². The molecule has 0 aromatic heterocycles. The molecule has 2 aromatic carbocycles. The lowest BCUT2D eigenvalue weighted by Crippen LogP contribution is -2.26. The van der Waals surface area contributed by atoms with E-state index >= 15 is 0 Å². The van der Waals surface area contributed by atoms with Crippen LogP contribution in [0, 0.1) is 5.82 Å². The van der Waals surface area contributed by atoms with Crippen LogP contribution in [0.1, 0.15) is 22.3 Å². The Hall–Kier alpha value is -2.12. The number of fused-ring (bicyclic) bond motifs is 1. The minimum absolute atomic E-state index is 0.00316. The summed E-state index contributed by atoms with van der Waals surface area (Å²) in [4.78, 5) is 1.82. The van der Waals surface area contributed by atoms with Crippen molar-refractivity contribution in [2.24, 2.45) is 0 Å². The van der Waals surface area contributed by atoms with Crippen LogP contribution in [0.3, 0.4) is 0 Å². The fraction of sp³-hybridized carbons (Fsp3) is 0.333. The molecule has 0 fully saturated rings. The molecule has 1 aliphatic heterocycles. The zero-order valence-electron chi connectivity index (χ0n) is 13.3. The molecule has 7 heteroatoms. The number of aliphatic hydroxyl groups is 1. The standard InChI is InChI=1S/C18H17F4NO2/c19-16-3-2-15(18(20,21)22)8-13(16)9-23-5-6-25-17-4-1-12(11-24)7-14(17)10-23/h1-4,7-8,24H,5-6,9-11H2. The quantitative estimate of drug-likeness (QED) is 0.852. The van der Waals surface area contributed by atoms with Gasteiger partial charge in [0.2, 0.25) is 0 Å². The van der Waals surface area contributed by atoms with Crippen molar-refractivity contribution >= 4 is 0 Å². The lowest BCUT2D eigenvalue weighted by atomic mass is 10.1. The van der Waals surface area contributed by atoms with Gasteiger partial charge in [-0.2, -0.15) is 13.2 Å². The Morgan fingerprint density at radius 1 is 1.12 bits per heavy atom. The first kappa shape index (κ1) is 17.7. The fourth-order valence-electron chi connectivity index (χ4n) is 2.85. The minimum Gasteiger partial charge on any atom is -0.492 e. The summed E-state index contributed by atoms with van der Waals surface area (Å²) in [5.41, 5.74) is 0.667. The summed E-state index contributed by atoms with van der Waals surface area (Å²) in [6.07, 6.45) is -4.51. The van der Waals surface area contributed by atoms with Gasteiger partial charge in [-0.3, -0.25) is 4.90 Å². The second-order valence-electron chi connectivity index (χ2n) is 5.96. The van der Waals surface area contributed by atoms with Gasteiger partial charge in [0.25, 0.3) is 0 Å². The number of ether oxygens (including phenoxy) is 1. The van der Waals surface area contributed by atoms with Crippen LogP contribution in [0.2, 0.25) is 0 Å². The highest BCUT2D eigenvalue weighted by molar-refractivity contribution is 5.38. The molecule has 0 spiro atoms. The molecule has 0 bridgehead atoms. The van der Waals surface area contributed by atoms with Crippen LogP contribution >= 0.6 is 0 Å². The van der Waals surface area contributed by atoms with E-state index in [1.165, 1.54) is 0 Å². The summed E-state index contributed by atoms with van der Waals surface area (Å²) in [6, 6.07) is 7.75. The van der Waals surface area contributed by atoms with Crippen molar-refractivity contribution in [3.05, 3.63) is 64.5 Å². The van der Waals surface area contributed by atoms with Crippen LogP contribution in [0.25, 0.3) is 0 Å². The molecule has 0 amide bonds. The Labute approximate surface area is 142 Å². The van der Waals surface area contributed by atoms with Crippen molar-refractivity contribution < 1.29 is 27.4 Å². The average Bonchev–Trinajstić information content (AvgIpc) is 2.76. The second kappa shape index (κ2) is 7.01. The van der Waals surface area contributed by atoms with Gasteiger partial charge >= 0.3 is 6.18 Å². The van der Waals surface area contributed by atoms with Crippen LogP contribution in [0.4, 0.5) is 17.6 Å². The number of halogens is 4. The molecule has 25 heavy (non-hydrogen) atoms. The summed E-state index contributed by atoms with van der Waals surface area (Å²) in [6.45, 7) is 1.14. The Kier molecular flexibility index (Phi) is 4.96. The number of alkyl halides is 3. The third-order valence-corrected chi connectivity index (χ3v) is 4.13. The van der Waals surface area contributed by atoms with Crippen molar-refractivity contribution in [1.29, 1.82) is 0 Å². The van der Waals surface area contributed by atoms with E-state index in [2.05, 4.69) is 0 Å². The van der Waals surface area contributed by atoms with E-state index in [1.807, 2.05) is 4.90 Å². The smallest absolute Gasteiger partial charge is 0.416 e. The molecule has 134 valence electrons. The maximum absolute atomic E-state index is 14.0. The SMILES string of the molecule is OCc1ccc2c(c1)CN(Cc1cc(C(F)(F)F)ccc1F)CCO2. The van der Waals surface area contributed by atoms with Crippen molar-refractivity contribution in [1.82, 2.24) is 4.90 Å². The van der Waals surface area contributed by atoms with Crippen LogP contribution < -0.4 is 4.74 Å². The monoisotopic (exact) mass is 355 g/mol. The number of hydrogen-bond acceptors (Lipinski definition) is 3. The Balaban J connectivity index is 1.83. The van der Waals surface area contributed by atoms with E-state index in [0.29, 0.717) is 25.4 Å². The summed E-state index contributed by atoms with van der Waals surface area (Å²) in [5.74, 6) is 0.00621. The molecule has 0 atom stereocenters. The first-order chi connectivity index (χ1) is 11.9. The van der Waals surface area contributed by atoms with Crippen molar-refractivity contribution in [3.8, 4) is 5.75 Å². The normalized spacial score (nSPS) is 15.4. The van der Waals surface area contributed by atoms with Gasteiger partial charge in [0.15, 0.2) is 0 Å². The first-order valence-corrected chi connectivity index (χ1v) is 7.80. The van der Waals surface area contributed by atoms with Crippen LogP contribution in [-0.2, 0) is 25.9 Å². The molecule has 0 aliphatic carbocycles. The Morgan fingerprint density at radius 3 is 2.64 bits per heavy atom. The summed E-state index contributed by atoms with van der Waals surface area (Å²) in [5, 5.41) is 9.24. The van der Waals surface area contributed by atoms with E-state index in [9.17, 15) is 22.7 Å². The number of aliphatic hydroxyl groups excluding tert-OH is 1.